The molecule has 2 N–H and O–H groups in total. The van der Waals surface area contributed by atoms with Gasteiger partial charge in [-0.2, -0.15) is 0 Å². The first-order valence-electron chi connectivity index (χ1n) is 4.07. The highest BCUT2D eigenvalue weighted by Gasteiger charge is 2.53. The van der Waals surface area contributed by atoms with Crippen molar-refractivity contribution in [1.29, 1.82) is 0 Å². The van der Waals surface area contributed by atoms with E-state index < -0.39 is 0 Å². The maximum Gasteiger partial charge on any atom is 0.0646 e. The van der Waals surface area contributed by atoms with Gasteiger partial charge in [-0.1, -0.05) is 0 Å². The molecule has 0 heterocycles. The van der Waals surface area contributed by atoms with Gasteiger partial charge in [0.2, 0.25) is 0 Å². The standard InChI is InChI=1S/C8H14O2/c9-5-8(3-4-8)7(10)6-1-2-6/h6-7,9-10H,1-5H2/t7-/m1/s1. The predicted octanol–water partition coefficient (Wildman–Crippen LogP) is 0.530. The van der Waals surface area contributed by atoms with Gasteiger partial charge in [-0.3, -0.25) is 0 Å². The summed E-state index contributed by atoms with van der Waals surface area (Å²) in [5.41, 5.74) is -0.0544. The lowest BCUT2D eigenvalue weighted by Crippen LogP contribution is -2.27. The first-order valence-corrected chi connectivity index (χ1v) is 4.07. The summed E-state index contributed by atoms with van der Waals surface area (Å²) in [6.07, 6.45) is 4.20. The summed E-state index contributed by atoms with van der Waals surface area (Å²) in [5, 5.41) is 18.6. The van der Waals surface area contributed by atoms with Crippen molar-refractivity contribution in [2.75, 3.05) is 6.61 Å². The van der Waals surface area contributed by atoms with Crippen LogP contribution in [0.1, 0.15) is 25.7 Å². The van der Waals surface area contributed by atoms with E-state index in [1.165, 1.54) is 12.8 Å². The molecule has 0 unspecified atom stereocenters. The molecule has 0 aromatic rings. The molecule has 0 spiro atoms. The third kappa shape index (κ3) is 0.867. The van der Waals surface area contributed by atoms with Crippen molar-refractivity contribution < 1.29 is 10.2 Å². The van der Waals surface area contributed by atoms with E-state index in [0.29, 0.717) is 5.92 Å². The van der Waals surface area contributed by atoms with Crippen molar-refractivity contribution in [3.05, 3.63) is 0 Å². The summed E-state index contributed by atoms with van der Waals surface area (Å²) in [4.78, 5) is 0. The number of aliphatic hydroxyl groups excluding tert-OH is 2. The minimum absolute atomic E-state index is 0.0544. The maximum absolute atomic E-state index is 9.62. The Morgan fingerprint density at radius 3 is 2.30 bits per heavy atom. The van der Waals surface area contributed by atoms with Gasteiger partial charge in [0.25, 0.3) is 0 Å². The molecule has 2 saturated carbocycles. The van der Waals surface area contributed by atoms with Gasteiger partial charge < -0.3 is 10.2 Å². The molecule has 2 fully saturated rings. The van der Waals surface area contributed by atoms with E-state index in [1.54, 1.807) is 0 Å². The molecule has 0 aliphatic heterocycles. The Kier molecular flexibility index (Phi) is 1.29. The first-order chi connectivity index (χ1) is 4.78. The summed E-state index contributed by atoms with van der Waals surface area (Å²) in [5.74, 6) is 0.523. The van der Waals surface area contributed by atoms with E-state index in [0.717, 1.165) is 12.8 Å². The van der Waals surface area contributed by atoms with Crippen molar-refractivity contribution in [3.8, 4) is 0 Å². The molecule has 58 valence electrons. The van der Waals surface area contributed by atoms with Crippen molar-refractivity contribution in [2.24, 2.45) is 11.3 Å². The lowest BCUT2D eigenvalue weighted by atomic mass is 9.96. The van der Waals surface area contributed by atoms with Gasteiger partial charge in [-0.15, -0.1) is 0 Å². The molecule has 2 rings (SSSR count). The molecule has 0 amide bonds. The van der Waals surface area contributed by atoms with Crippen LogP contribution in [0, 0.1) is 11.3 Å². The normalized spacial score (nSPS) is 31.8. The predicted molar refractivity (Wildman–Crippen MR) is 37.5 cm³/mol. The van der Waals surface area contributed by atoms with Crippen molar-refractivity contribution in [1.82, 2.24) is 0 Å². The maximum atomic E-state index is 9.62. The Morgan fingerprint density at radius 2 is 2.00 bits per heavy atom. The Hall–Kier alpha value is -0.0800. The van der Waals surface area contributed by atoms with Crippen LogP contribution >= 0.6 is 0 Å². The number of aliphatic hydroxyl groups is 2. The number of hydrogen-bond donors (Lipinski definition) is 2. The number of hydrogen-bond acceptors (Lipinski definition) is 2. The lowest BCUT2D eigenvalue weighted by Gasteiger charge is -2.18. The Morgan fingerprint density at radius 1 is 1.40 bits per heavy atom. The molecule has 0 aromatic heterocycles. The molecular weight excluding hydrogens is 128 g/mol. The number of rotatable bonds is 3. The average Bonchev–Trinajstić information content (AvgIpc) is 2.84. The molecule has 0 bridgehead atoms. The van der Waals surface area contributed by atoms with Crippen LogP contribution in [-0.4, -0.2) is 22.9 Å². The highest BCUT2D eigenvalue weighted by atomic mass is 16.3. The SMILES string of the molecule is OCC1([C@H](O)C2CC2)CC1. The molecule has 2 heteroatoms. The zero-order valence-electron chi connectivity index (χ0n) is 6.08. The Balaban J connectivity index is 1.95. The van der Waals surface area contributed by atoms with E-state index in [4.69, 9.17) is 5.11 Å². The fraction of sp³-hybridized carbons (Fsp3) is 1.00. The van der Waals surface area contributed by atoms with E-state index in [1.807, 2.05) is 0 Å². The largest absolute Gasteiger partial charge is 0.396 e. The molecule has 0 aromatic carbocycles. The summed E-state index contributed by atoms with van der Waals surface area (Å²) >= 11 is 0. The third-order valence-corrected chi connectivity index (χ3v) is 2.90. The van der Waals surface area contributed by atoms with Crippen LogP contribution in [0.4, 0.5) is 0 Å². The van der Waals surface area contributed by atoms with Crippen LogP contribution in [0.3, 0.4) is 0 Å². The summed E-state index contributed by atoms with van der Waals surface area (Å²) in [6.45, 7) is 0.185. The second-order valence-electron chi connectivity index (χ2n) is 3.80. The van der Waals surface area contributed by atoms with E-state index in [2.05, 4.69) is 0 Å². The highest BCUT2D eigenvalue weighted by Crippen LogP contribution is 2.54. The third-order valence-electron chi connectivity index (χ3n) is 2.90. The summed E-state index contributed by atoms with van der Waals surface area (Å²) in [7, 11) is 0. The second kappa shape index (κ2) is 1.95. The topological polar surface area (TPSA) is 40.5 Å². The van der Waals surface area contributed by atoms with Gasteiger partial charge in [0.1, 0.15) is 0 Å². The van der Waals surface area contributed by atoms with E-state index in [-0.39, 0.29) is 18.1 Å². The van der Waals surface area contributed by atoms with Crippen LogP contribution in [0.25, 0.3) is 0 Å². The van der Waals surface area contributed by atoms with Crippen LogP contribution in [-0.2, 0) is 0 Å². The van der Waals surface area contributed by atoms with Crippen LogP contribution in [0.2, 0.25) is 0 Å². The van der Waals surface area contributed by atoms with E-state index in [9.17, 15) is 5.11 Å². The zero-order valence-corrected chi connectivity index (χ0v) is 6.08. The molecule has 0 saturated heterocycles. The van der Waals surface area contributed by atoms with E-state index >= 15 is 0 Å². The Labute approximate surface area is 60.9 Å². The average molecular weight is 142 g/mol. The van der Waals surface area contributed by atoms with Crippen LogP contribution in [0.15, 0.2) is 0 Å². The van der Waals surface area contributed by atoms with Gasteiger partial charge >= 0.3 is 0 Å². The van der Waals surface area contributed by atoms with Crippen molar-refractivity contribution in [2.45, 2.75) is 31.8 Å². The lowest BCUT2D eigenvalue weighted by molar-refractivity contribution is 0.0351. The smallest absolute Gasteiger partial charge is 0.0646 e. The van der Waals surface area contributed by atoms with Crippen LogP contribution < -0.4 is 0 Å². The van der Waals surface area contributed by atoms with Gasteiger partial charge in [0.05, 0.1) is 12.7 Å². The quantitative estimate of drug-likeness (QED) is 0.603. The molecule has 10 heavy (non-hydrogen) atoms. The summed E-state index contributed by atoms with van der Waals surface area (Å²) < 4.78 is 0. The monoisotopic (exact) mass is 142 g/mol. The zero-order chi connectivity index (χ0) is 7.19. The highest BCUT2D eigenvalue weighted by molar-refractivity contribution is 5.03. The van der Waals surface area contributed by atoms with Crippen LogP contribution in [0.5, 0.6) is 0 Å². The first kappa shape index (κ1) is 6.62. The fourth-order valence-electron chi connectivity index (χ4n) is 1.62. The van der Waals surface area contributed by atoms with Gasteiger partial charge in [0.15, 0.2) is 0 Å². The van der Waals surface area contributed by atoms with Gasteiger partial charge in [0, 0.05) is 5.41 Å². The Bertz CT molecular complexity index is 136. The molecule has 2 aliphatic carbocycles. The summed E-state index contributed by atoms with van der Waals surface area (Å²) in [6, 6.07) is 0. The molecule has 1 atom stereocenters. The van der Waals surface area contributed by atoms with Crippen molar-refractivity contribution in [3.63, 3.8) is 0 Å². The molecular formula is C8H14O2. The van der Waals surface area contributed by atoms with Crippen molar-refractivity contribution >= 4 is 0 Å². The second-order valence-corrected chi connectivity index (χ2v) is 3.80. The molecule has 0 radical (unpaired) electrons. The van der Waals surface area contributed by atoms with Gasteiger partial charge in [-0.05, 0) is 31.6 Å². The minimum Gasteiger partial charge on any atom is -0.396 e. The fourth-order valence-corrected chi connectivity index (χ4v) is 1.62. The molecule has 2 aliphatic rings. The van der Waals surface area contributed by atoms with Gasteiger partial charge in [-0.25, -0.2) is 0 Å². The minimum atomic E-state index is -0.197. The molecule has 2 nitrogen and oxygen atoms in total.